The molecule has 0 aromatic carbocycles. The lowest BCUT2D eigenvalue weighted by atomic mass is 9.72. The average Bonchev–Trinajstić information content (AvgIpc) is 2.56. The molecule has 0 aromatic rings. The summed E-state index contributed by atoms with van der Waals surface area (Å²) < 4.78 is 26.3. The molecule has 1 nitrogen and oxygen atoms in total. The van der Waals surface area contributed by atoms with Crippen LogP contribution in [0.1, 0.15) is 52.9 Å². The summed E-state index contributed by atoms with van der Waals surface area (Å²) >= 11 is 0. The average molecular weight is 231 g/mol. The number of likely N-dealkylation sites (tertiary alicyclic amines) is 1. The van der Waals surface area contributed by atoms with Crippen molar-refractivity contribution in [1.29, 1.82) is 0 Å². The lowest BCUT2D eigenvalue weighted by molar-refractivity contribution is -0.0660. The van der Waals surface area contributed by atoms with Gasteiger partial charge in [0, 0.05) is 24.9 Å². The zero-order valence-corrected chi connectivity index (χ0v) is 10.7. The first-order valence-corrected chi connectivity index (χ1v) is 6.36. The summed E-state index contributed by atoms with van der Waals surface area (Å²) in [4.78, 5) is 2.45. The third-order valence-electron chi connectivity index (χ3n) is 4.43. The Hall–Kier alpha value is -0.180. The second-order valence-corrected chi connectivity index (χ2v) is 6.70. The minimum atomic E-state index is -2.39. The zero-order chi connectivity index (χ0) is 12.0. The van der Waals surface area contributed by atoms with Crippen LogP contribution in [-0.2, 0) is 0 Å². The lowest BCUT2D eigenvalue weighted by Gasteiger charge is -2.39. The van der Waals surface area contributed by atoms with Crippen LogP contribution in [0.15, 0.2) is 0 Å². The molecular formula is C13H23F2N. The normalized spacial score (nSPS) is 29.8. The number of hydrogen-bond acceptors (Lipinski definition) is 1. The highest BCUT2D eigenvalue weighted by Gasteiger charge is 2.47. The number of rotatable bonds is 0. The largest absolute Gasteiger partial charge is 0.298 e. The van der Waals surface area contributed by atoms with Crippen LogP contribution in [0, 0.1) is 5.41 Å². The van der Waals surface area contributed by atoms with Crippen LogP contribution in [0.3, 0.4) is 0 Å². The van der Waals surface area contributed by atoms with E-state index in [0.29, 0.717) is 12.8 Å². The van der Waals surface area contributed by atoms with E-state index >= 15 is 0 Å². The Kier molecular flexibility index (Phi) is 2.81. The van der Waals surface area contributed by atoms with Crippen LogP contribution in [0.4, 0.5) is 8.78 Å². The maximum Gasteiger partial charge on any atom is 0.248 e. The van der Waals surface area contributed by atoms with E-state index in [2.05, 4.69) is 25.7 Å². The van der Waals surface area contributed by atoms with Crippen LogP contribution in [-0.4, -0.2) is 29.5 Å². The molecule has 3 heteroatoms. The summed E-state index contributed by atoms with van der Waals surface area (Å²) in [6, 6.07) is 0. The first kappa shape index (κ1) is 12.3. The van der Waals surface area contributed by atoms with Gasteiger partial charge in [0.15, 0.2) is 0 Å². The molecule has 2 aliphatic rings. The van der Waals surface area contributed by atoms with Gasteiger partial charge >= 0.3 is 0 Å². The van der Waals surface area contributed by atoms with Crippen LogP contribution in [0.25, 0.3) is 0 Å². The highest BCUT2D eigenvalue weighted by molar-refractivity contribution is 4.98. The van der Waals surface area contributed by atoms with Crippen molar-refractivity contribution in [2.24, 2.45) is 5.41 Å². The molecular weight excluding hydrogens is 208 g/mol. The van der Waals surface area contributed by atoms with Gasteiger partial charge in [0.25, 0.3) is 0 Å². The molecule has 1 aliphatic heterocycles. The number of alkyl halides is 2. The molecule has 1 saturated carbocycles. The molecule has 0 atom stereocenters. The smallest absolute Gasteiger partial charge is 0.248 e. The molecule has 0 N–H and O–H groups in total. The first-order chi connectivity index (χ1) is 7.23. The van der Waals surface area contributed by atoms with Crippen molar-refractivity contribution in [1.82, 2.24) is 4.90 Å². The van der Waals surface area contributed by atoms with Gasteiger partial charge < -0.3 is 0 Å². The van der Waals surface area contributed by atoms with Gasteiger partial charge in [0.2, 0.25) is 5.92 Å². The molecule has 0 radical (unpaired) electrons. The molecule has 0 amide bonds. The third-order valence-corrected chi connectivity index (χ3v) is 4.43. The topological polar surface area (TPSA) is 3.24 Å². The Morgan fingerprint density at radius 3 is 1.94 bits per heavy atom. The molecule has 1 saturated heterocycles. The standard InChI is InChI=1S/C13H23F2N/c1-11(2,3)16-9-8-12(10-16)4-6-13(14,15)7-5-12/h4-10H2,1-3H3. The van der Waals surface area contributed by atoms with E-state index in [9.17, 15) is 8.78 Å². The van der Waals surface area contributed by atoms with Gasteiger partial charge in [-0.05, 0) is 52.0 Å². The second-order valence-electron chi connectivity index (χ2n) is 6.70. The van der Waals surface area contributed by atoms with Crippen LogP contribution < -0.4 is 0 Å². The summed E-state index contributed by atoms with van der Waals surface area (Å²) in [7, 11) is 0. The van der Waals surface area contributed by atoms with Crippen molar-refractivity contribution >= 4 is 0 Å². The maximum absolute atomic E-state index is 13.2. The number of hydrogen-bond donors (Lipinski definition) is 0. The number of halogens is 2. The molecule has 2 fully saturated rings. The minimum absolute atomic E-state index is 0.102. The van der Waals surface area contributed by atoms with E-state index < -0.39 is 5.92 Å². The highest BCUT2D eigenvalue weighted by atomic mass is 19.3. The zero-order valence-electron chi connectivity index (χ0n) is 10.7. The quantitative estimate of drug-likeness (QED) is 0.614. The predicted octanol–water partition coefficient (Wildman–Crippen LogP) is 3.69. The van der Waals surface area contributed by atoms with Crippen molar-refractivity contribution in [3.8, 4) is 0 Å². The second kappa shape index (κ2) is 3.66. The fraction of sp³-hybridized carbons (Fsp3) is 1.00. The maximum atomic E-state index is 13.2. The van der Waals surface area contributed by atoms with Gasteiger partial charge in [-0.2, -0.15) is 0 Å². The van der Waals surface area contributed by atoms with Crippen LogP contribution >= 0.6 is 0 Å². The molecule has 1 aliphatic carbocycles. The van der Waals surface area contributed by atoms with Gasteiger partial charge in [-0.15, -0.1) is 0 Å². The summed E-state index contributed by atoms with van der Waals surface area (Å²) in [6.07, 6.45) is 2.75. The van der Waals surface area contributed by atoms with Gasteiger partial charge in [-0.1, -0.05) is 0 Å². The van der Waals surface area contributed by atoms with E-state index in [1.807, 2.05) is 0 Å². The van der Waals surface area contributed by atoms with E-state index in [1.54, 1.807) is 0 Å². The van der Waals surface area contributed by atoms with Crippen molar-refractivity contribution < 1.29 is 8.78 Å². The monoisotopic (exact) mass is 231 g/mol. The fourth-order valence-electron chi connectivity index (χ4n) is 3.06. The van der Waals surface area contributed by atoms with E-state index in [0.717, 1.165) is 19.5 Å². The fourth-order valence-corrected chi connectivity index (χ4v) is 3.06. The Labute approximate surface area is 97.2 Å². The van der Waals surface area contributed by atoms with Crippen molar-refractivity contribution in [2.75, 3.05) is 13.1 Å². The Morgan fingerprint density at radius 1 is 0.938 bits per heavy atom. The Balaban J connectivity index is 1.98. The SMILES string of the molecule is CC(C)(C)N1CCC2(CCC(F)(F)CC2)C1. The van der Waals surface area contributed by atoms with Gasteiger partial charge in [0.1, 0.15) is 0 Å². The molecule has 94 valence electrons. The lowest BCUT2D eigenvalue weighted by Crippen LogP contribution is -2.42. The summed E-state index contributed by atoms with van der Waals surface area (Å²) in [5.74, 6) is -2.39. The minimum Gasteiger partial charge on any atom is -0.298 e. The van der Waals surface area contributed by atoms with Gasteiger partial charge in [-0.25, -0.2) is 8.78 Å². The molecule has 16 heavy (non-hydrogen) atoms. The molecule has 2 rings (SSSR count). The Bertz CT molecular complexity index is 258. The Morgan fingerprint density at radius 2 is 1.50 bits per heavy atom. The van der Waals surface area contributed by atoms with Crippen LogP contribution in [0.2, 0.25) is 0 Å². The van der Waals surface area contributed by atoms with Crippen molar-refractivity contribution in [2.45, 2.75) is 64.3 Å². The van der Waals surface area contributed by atoms with Gasteiger partial charge in [-0.3, -0.25) is 4.90 Å². The van der Waals surface area contributed by atoms with E-state index in [4.69, 9.17) is 0 Å². The van der Waals surface area contributed by atoms with Gasteiger partial charge in [0.05, 0.1) is 0 Å². The summed E-state index contributed by atoms with van der Waals surface area (Å²) in [5.41, 5.74) is 0.387. The van der Waals surface area contributed by atoms with Crippen molar-refractivity contribution in [3.63, 3.8) is 0 Å². The van der Waals surface area contributed by atoms with E-state index in [-0.39, 0.29) is 23.8 Å². The third kappa shape index (κ3) is 2.39. The molecule has 1 heterocycles. The van der Waals surface area contributed by atoms with Crippen molar-refractivity contribution in [3.05, 3.63) is 0 Å². The number of nitrogens with zero attached hydrogens (tertiary/aromatic N) is 1. The highest BCUT2D eigenvalue weighted by Crippen LogP contribution is 2.49. The molecule has 1 spiro atoms. The predicted molar refractivity (Wildman–Crippen MR) is 61.8 cm³/mol. The summed E-state index contributed by atoms with van der Waals surface area (Å²) in [5, 5.41) is 0. The molecule has 0 bridgehead atoms. The van der Waals surface area contributed by atoms with E-state index in [1.165, 1.54) is 0 Å². The summed E-state index contributed by atoms with van der Waals surface area (Å²) in [6.45, 7) is 8.73. The molecule has 0 aromatic heterocycles. The molecule has 0 unspecified atom stereocenters. The van der Waals surface area contributed by atoms with Crippen LogP contribution in [0.5, 0.6) is 0 Å². The first-order valence-electron chi connectivity index (χ1n) is 6.36.